The molecule has 5 aromatic carbocycles. The van der Waals surface area contributed by atoms with Gasteiger partial charge in [-0.3, -0.25) is 4.79 Å². The fraction of sp³-hybridized carbons (Fsp3) is 0.351. The van der Waals surface area contributed by atoms with E-state index in [2.05, 4.69) is 38.6 Å². The molecule has 0 bridgehead atoms. The van der Waals surface area contributed by atoms with Gasteiger partial charge in [0.25, 0.3) is 5.91 Å². The SMILES string of the molecule is C=CCOC12Oc3ccc(Oc4ccc(C)c(C)c4)cc3C3C(CCCCO)C(CCCCO)C=C(C(=NOCc4ccccc4)CC1N(Cc1ccc(F)cc1)C(=O)c1ccc(C#N)cc1)C32. The van der Waals surface area contributed by atoms with Crippen molar-refractivity contribution in [1.29, 1.82) is 5.26 Å². The second-order valence-corrected chi connectivity index (χ2v) is 18.1. The summed E-state index contributed by atoms with van der Waals surface area (Å²) in [6.07, 6.45) is 8.54. The fourth-order valence-corrected chi connectivity index (χ4v) is 10.3. The number of nitriles is 1. The molecule has 10 nitrogen and oxygen atoms in total. The van der Waals surface area contributed by atoms with Gasteiger partial charge in [0.05, 0.1) is 29.9 Å². The van der Waals surface area contributed by atoms with E-state index in [-0.39, 0.29) is 63.1 Å². The van der Waals surface area contributed by atoms with E-state index in [1.54, 1.807) is 47.4 Å². The Labute approximate surface area is 398 Å². The van der Waals surface area contributed by atoms with Gasteiger partial charge in [-0.2, -0.15) is 5.26 Å². The number of allylic oxidation sites excluding steroid dienone is 1. The Bertz CT molecular complexity index is 2640. The lowest BCUT2D eigenvalue weighted by Crippen LogP contribution is -2.70. The molecule has 352 valence electrons. The van der Waals surface area contributed by atoms with Gasteiger partial charge in [-0.1, -0.05) is 78.7 Å². The van der Waals surface area contributed by atoms with E-state index in [0.717, 1.165) is 53.5 Å². The zero-order valence-electron chi connectivity index (χ0n) is 38.9. The van der Waals surface area contributed by atoms with Gasteiger partial charge in [-0.15, -0.1) is 6.58 Å². The standard InChI is InChI=1S/C57H60FN3O7/c1-4-30-65-57-53(61(36-41-19-23-45(58)24-20-41)56(64)43-21-17-40(35-59)18-22-43)34-51(60-66-37-42-12-6-5-7-13-42)49-32-44(14-8-10-28-62)48(15-9-11-29-63)54(55(49)57)50-33-47(26-27-52(50)68-57)67-46-25-16-38(2)39(3)31-46/h4-7,12-13,16-27,31-33,44,48,53-55,62-63H,1,8-11,14-15,28-30,34,36-37H2,2-3H3. The molecule has 11 heteroatoms. The van der Waals surface area contributed by atoms with Crippen molar-refractivity contribution < 1.29 is 38.4 Å². The van der Waals surface area contributed by atoms with Crippen molar-refractivity contribution in [1.82, 2.24) is 4.90 Å². The van der Waals surface area contributed by atoms with Gasteiger partial charge >= 0.3 is 0 Å². The van der Waals surface area contributed by atoms with Crippen LogP contribution >= 0.6 is 0 Å². The molecule has 0 aromatic heterocycles. The number of hydrogen-bond acceptors (Lipinski definition) is 9. The number of benzene rings is 5. The smallest absolute Gasteiger partial charge is 0.254 e. The van der Waals surface area contributed by atoms with Crippen LogP contribution in [-0.2, 0) is 22.7 Å². The van der Waals surface area contributed by atoms with E-state index in [4.69, 9.17) is 24.2 Å². The highest BCUT2D eigenvalue weighted by molar-refractivity contribution is 6.03. The molecule has 1 amide bonds. The predicted octanol–water partition coefficient (Wildman–Crippen LogP) is 11.3. The molecule has 5 aromatic rings. The number of fused-ring (bicyclic) bond motifs is 2. The fourth-order valence-electron chi connectivity index (χ4n) is 10.3. The number of rotatable bonds is 20. The molecule has 8 rings (SSSR count). The van der Waals surface area contributed by atoms with Gasteiger partial charge in [0.15, 0.2) is 0 Å². The highest BCUT2D eigenvalue weighted by Crippen LogP contribution is 2.62. The molecule has 6 atom stereocenters. The second kappa shape index (κ2) is 22.0. The Balaban J connectivity index is 1.36. The number of nitrogens with zero attached hydrogens (tertiary/aromatic N) is 3. The van der Waals surface area contributed by atoms with Crippen LogP contribution in [-0.4, -0.2) is 58.4 Å². The first-order chi connectivity index (χ1) is 33.2. The number of carbonyl (C=O) groups excluding carboxylic acids is 1. The average Bonchev–Trinajstić information content (AvgIpc) is 3.36. The zero-order chi connectivity index (χ0) is 47.6. The minimum absolute atomic E-state index is 0.00904. The highest BCUT2D eigenvalue weighted by atomic mass is 19.1. The molecule has 1 heterocycles. The van der Waals surface area contributed by atoms with E-state index >= 15 is 4.79 Å². The minimum atomic E-state index is -1.54. The number of carbonyl (C=O) groups is 1. The van der Waals surface area contributed by atoms with Crippen molar-refractivity contribution in [3.8, 4) is 23.3 Å². The van der Waals surface area contributed by atoms with Crippen molar-refractivity contribution in [3.05, 3.63) is 184 Å². The first-order valence-electron chi connectivity index (χ1n) is 23.7. The summed E-state index contributed by atoms with van der Waals surface area (Å²) in [5.74, 6) is -1.20. The Hall–Kier alpha value is -6.58. The lowest BCUT2D eigenvalue weighted by Gasteiger charge is -2.60. The van der Waals surface area contributed by atoms with Crippen LogP contribution in [0.15, 0.2) is 145 Å². The van der Waals surface area contributed by atoms with Gasteiger partial charge in [0, 0.05) is 43.2 Å². The van der Waals surface area contributed by atoms with Crippen molar-refractivity contribution in [3.63, 3.8) is 0 Å². The molecule has 1 aliphatic heterocycles. The molecule has 0 spiro atoms. The van der Waals surface area contributed by atoms with E-state index in [9.17, 15) is 19.9 Å². The Morgan fingerprint density at radius 3 is 2.32 bits per heavy atom. The summed E-state index contributed by atoms with van der Waals surface area (Å²) in [4.78, 5) is 23.4. The molecule has 1 fully saturated rings. The first kappa shape index (κ1) is 47.9. The Morgan fingerprint density at radius 2 is 1.62 bits per heavy atom. The van der Waals surface area contributed by atoms with Gasteiger partial charge in [0.1, 0.15) is 35.7 Å². The van der Waals surface area contributed by atoms with Gasteiger partial charge in [0.2, 0.25) is 5.79 Å². The normalized spacial score (nSPS) is 21.9. The number of halogens is 1. The Morgan fingerprint density at radius 1 is 0.897 bits per heavy atom. The highest BCUT2D eigenvalue weighted by Gasteiger charge is 2.65. The largest absolute Gasteiger partial charge is 0.459 e. The third kappa shape index (κ3) is 10.4. The molecule has 0 saturated heterocycles. The summed E-state index contributed by atoms with van der Waals surface area (Å²) in [6.45, 7) is 8.68. The van der Waals surface area contributed by atoms with Gasteiger partial charge in [-0.25, -0.2) is 4.39 Å². The van der Waals surface area contributed by atoms with Crippen molar-refractivity contribution >= 4 is 11.6 Å². The average molecular weight is 918 g/mol. The Kier molecular flexibility index (Phi) is 15.5. The lowest BCUT2D eigenvalue weighted by molar-refractivity contribution is -0.255. The van der Waals surface area contributed by atoms with Crippen molar-refractivity contribution in [2.45, 2.75) is 89.7 Å². The number of ether oxygens (including phenoxy) is 3. The molecule has 3 aliphatic rings. The molecule has 0 radical (unpaired) electrons. The zero-order valence-corrected chi connectivity index (χ0v) is 38.9. The number of aliphatic hydroxyl groups excluding tert-OH is 2. The maximum atomic E-state index is 15.4. The molecule has 6 unspecified atom stereocenters. The van der Waals surface area contributed by atoms with Crippen LogP contribution in [0.25, 0.3) is 0 Å². The summed E-state index contributed by atoms with van der Waals surface area (Å²) < 4.78 is 35.8. The topological polar surface area (TPSA) is 134 Å². The summed E-state index contributed by atoms with van der Waals surface area (Å²) in [5.41, 5.74) is 7.12. The lowest BCUT2D eigenvalue weighted by atomic mass is 9.55. The number of aliphatic hydroxyl groups is 2. The number of hydrogen-bond donors (Lipinski definition) is 2. The summed E-state index contributed by atoms with van der Waals surface area (Å²) in [7, 11) is 0. The van der Waals surface area contributed by atoms with Crippen LogP contribution in [0.1, 0.15) is 94.6 Å². The number of unbranched alkanes of at least 4 members (excludes halogenated alkanes) is 2. The first-order valence-corrected chi connectivity index (χ1v) is 23.7. The van der Waals surface area contributed by atoms with Gasteiger partial charge < -0.3 is 34.2 Å². The third-order valence-electron chi connectivity index (χ3n) is 13.8. The van der Waals surface area contributed by atoms with E-state index in [0.29, 0.717) is 52.5 Å². The molecule has 1 saturated carbocycles. The summed E-state index contributed by atoms with van der Waals surface area (Å²) in [6, 6.07) is 35.7. The minimum Gasteiger partial charge on any atom is -0.459 e. The molecule has 68 heavy (non-hydrogen) atoms. The van der Waals surface area contributed by atoms with Crippen molar-refractivity contribution in [2.75, 3.05) is 19.8 Å². The van der Waals surface area contributed by atoms with E-state index in [1.165, 1.54) is 12.1 Å². The molecule has 2 aliphatic carbocycles. The number of amides is 1. The van der Waals surface area contributed by atoms with E-state index in [1.807, 2.05) is 60.7 Å². The maximum Gasteiger partial charge on any atom is 0.254 e. The van der Waals surface area contributed by atoms with Crippen LogP contribution < -0.4 is 9.47 Å². The number of aryl methyl sites for hydroxylation is 2. The van der Waals surface area contributed by atoms with Crippen LogP contribution in [0.5, 0.6) is 17.2 Å². The predicted molar refractivity (Wildman–Crippen MR) is 260 cm³/mol. The number of oxime groups is 1. The third-order valence-corrected chi connectivity index (χ3v) is 13.8. The maximum absolute atomic E-state index is 15.4. The van der Waals surface area contributed by atoms with Crippen LogP contribution in [0.4, 0.5) is 4.39 Å². The van der Waals surface area contributed by atoms with Crippen LogP contribution in [0.2, 0.25) is 0 Å². The second-order valence-electron chi connectivity index (χ2n) is 18.1. The summed E-state index contributed by atoms with van der Waals surface area (Å²) in [5, 5.41) is 34.7. The van der Waals surface area contributed by atoms with Crippen LogP contribution in [0.3, 0.4) is 0 Å². The summed E-state index contributed by atoms with van der Waals surface area (Å²) >= 11 is 0. The van der Waals surface area contributed by atoms with E-state index < -0.39 is 23.6 Å². The van der Waals surface area contributed by atoms with Crippen LogP contribution in [0, 0.1) is 48.7 Å². The quantitative estimate of drug-likeness (QED) is 0.0448. The van der Waals surface area contributed by atoms with Crippen molar-refractivity contribution in [2.24, 2.45) is 22.9 Å². The van der Waals surface area contributed by atoms with Gasteiger partial charge in [-0.05, 0) is 146 Å². The monoisotopic (exact) mass is 917 g/mol. The molecular formula is C57H60FN3O7. The molecule has 2 N–H and O–H groups in total. The molecular weight excluding hydrogens is 858 g/mol.